The quantitative estimate of drug-likeness (QED) is 0.193. The summed E-state index contributed by atoms with van der Waals surface area (Å²) in [5, 5.41) is 0. The van der Waals surface area contributed by atoms with Crippen LogP contribution in [0.3, 0.4) is 0 Å². The van der Waals surface area contributed by atoms with E-state index in [9.17, 15) is 17.6 Å². The largest absolute Gasteiger partial charge is 2.00 e. The van der Waals surface area contributed by atoms with Gasteiger partial charge < -0.3 is 38.6 Å². The van der Waals surface area contributed by atoms with Crippen LogP contribution in [-0.2, 0) is 21.1 Å². The van der Waals surface area contributed by atoms with Gasteiger partial charge in [-0.15, -0.1) is 0 Å². The first-order valence-electron chi connectivity index (χ1n) is 22.6. The maximum absolute atomic E-state index is 12.5. The van der Waals surface area contributed by atoms with Crippen molar-refractivity contribution in [2.45, 2.75) is 176 Å². The van der Waals surface area contributed by atoms with E-state index in [0.717, 1.165) is 24.2 Å². The first-order valence-corrected chi connectivity index (χ1v) is 22.6. The summed E-state index contributed by atoms with van der Waals surface area (Å²) in [6.45, 7) is 39.2. The van der Waals surface area contributed by atoms with Crippen LogP contribution in [0.5, 0.6) is 0 Å². The standard InChI is InChI=1S/C8H18N2.C8H17N.C7H13F2N.C7H15N.C6H11F2N.C6H13N.C3H7N.W/c1-8(2)10-6-4-9(3)5-7-10;1-8(2)9-6-4-3-5-7-9;1-6(2)10-4-3-7(8,9)5-10;1-7(2)8-5-3-4-6-8;1-5(2)9-3-6(7,8)4-9;1-6(2)7-4-3-5-7;1-4(2)3;/h8H,4-7H2,1-3H3;8H,3-7H2,1-2H3;6H,3-5H2,1-2H3;7H,3-6H2,1-2H3;5H,3-4H2,1-2H3;6H,3-5H2,1-2H3;1-2H2,3H3;/q;;;;;;-2;+2. The smallest absolute Gasteiger partial charge is 0.613 e. The average Bonchev–Trinajstić information content (AvgIpc) is 3.75. The van der Waals surface area contributed by atoms with Crippen LogP contribution >= 0.6 is 0 Å². The van der Waals surface area contributed by atoms with Gasteiger partial charge in [0.25, 0.3) is 11.8 Å². The van der Waals surface area contributed by atoms with E-state index >= 15 is 0 Å². The van der Waals surface area contributed by atoms with Gasteiger partial charge in [0, 0.05) is 75.4 Å². The molecule has 0 aromatic rings. The zero-order chi connectivity index (χ0) is 43.9. The van der Waals surface area contributed by atoms with Crippen LogP contribution in [0.4, 0.5) is 17.6 Å². The number of halogens is 4. The van der Waals surface area contributed by atoms with Gasteiger partial charge in [-0.2, -0.15) is 0 Å². The molecule has 0 saturated carbocycles. The molecule has 6 aliphatic rings. The summed E-state index contributed by atoms with van der Waals surface area (Å²) < 4.78 is 49.2. The number of likely N-dealkylation sites (N-methyl/N-ethyl adjacent to an activating group) is 1. The fourth-order valence-corrected chi connectivity index (χ4v) is 7.00. The molecular weight excluding hydrogens is 912 g/mol. The summed E-state index contributed by atoms with van der Waals surface area (Å²) in [7, 11) is 10.7. The number of alkyl halides is 4. The number of hydrogen-bond donors (Lipinski definition) is 0. The number of hydrogen-bond acceptors (Lipinski definition) is 8. The molecule has 6 rings (SSSR count). The zero-order valence-corrected chi connectivity index (χ0v) is 43.2. The number of piperidine rings is 1. The van der Waals surface area contributed by atoms with E-state index < -0.39 is 11.8 Å². The SMILES string of the molecule is CC(C)N1CC(F)(F)C1.CC(C)N1CCC(F)(F)C1.CC(C)N1CCC1.CC(C)N1CCCC1.CC(C)N1CCCCC1.CC(C)N1CCN(C)CC1.[CH2-]N([CH2-])C.[W+2]. The van der Waals surface area contributed by atoms with Crippen LogP contribution in [0.25, 0.3) is 0 Å². The summed E-state index contributed by atoms with van der Waals surface area (Å²) in [5.74, 6) is -4.82. The van der Waals surface area contributed by atoms with Gasteiger partial charge in [0.05, 0.1) is 19.6 Å². The van der Waals surface area contributed by atoms with Crippen molar-refractivity contribution in [3.8, 4) is 0 Å². The molecule has 0 spiro atoms. The van der Waals surface area contributed by atoms with Gasteiger partial charge in [-0.1, -0.05) is 13.5 Å². The third-order valence-corrected chi connectivity index (χ3v) is 11.4. The molecule has 6 aliphatic heterocycles. The second-order valence-corrected chi connectivity index (χ2v) is 18.8. The molecule has 348 valence electrons. The minimum absolute atomic E-state index is 0. The molecule has 0 bridgehead atoms. The number of piperazine rings is 1. The van der Waals surface area contributed by atoms with Crippen molar-refractivity contribution in [1.29, 1.82) is 0 Å². The van der Waals surface area contributed by atoms with Crippen molar-refractivity contribution in [3.63, 3.8) is 0 Å². The Hall–Kier alpha value is 0.0883. The first-order chi connectivity index (χ1) is 26.4. The van der Waals surface area contributed by atoms with E-state index in [2.05, 4.69) is 101 Å². The molecule has 0 amide bonds. The Morgan fingerprint density at radius 2 is 0.672 bits per heavy atom. The molecule has 8 nitrogen and oxygen atoms in total. The minimum atomic E-state index is -2.43. The molecule has 0 aliphatic carbocycles. The molecule has 0 unspecified atom stereocenters. The maximum Gasteiger partial charge on any atom is 2.00 e. The zero-order valence-electron chi connectivity index (χ0n) is 40.2. The fourth-order valence-electron chi connectivity index (χ4n) is 7.00. The van der Waals surface area contributed by atoms with Gasteiger partial charge in [0.2, 0.25) is 0 Å². The summed E-state index contributed by atoms with van der Waals surface area (Å²) in [6, 6.07) is 3.59. The van der Waals surface area contributed by atoms with Crippen LogP contribution in [0.2, 0.25) is 0 Å². The first kappa shape index (κ1) is 60.2. The van der Waals surface area contributed by atoms with Crippen LogP contribution in [0, 0.1) is 14.1 Å². The molecule has 0 N–H and O–H groups in total. The van der Waals surface area contributed by atoms with Crippen molar-refractivity contribution in [1.82, 2.24) is 39.2 Å². The molecule has 6 fully saturated rings. The van der Waals surface area contributed by atoms with Gasteiger partial charge in [-0.3, -0.25) is 14.7 Å². The Morgan fingerprint density at radius 3 is 0.862 bits per heavy atom. The minimum Gasteiger partial charge on any atom is -0.613 e. The van der Waals surface area contributed by atoms with Crippen LogP contribution < -0.4 is 0 Å². The van der Waals surface area contributed by atoms with Crippen LogP contribution in [0.15, 0.2) is 0 Å². The van der Waals surface area contributed by atoms with E-state index in [1.807, 2.05) is 27.7 Å². The van der Waals surface area contributed by atoms with Crippen molar-refractivity contribution in [2.24, 2.45) is 0 Å². The molecule has 0 radical (unpaired) electrons. The van der Waals surface area contributed by atoms with Crippen molar-refractivity contribution in [3.05, 3.63) is 14.1 Å². The van der Waals surface area contributed by atoms with E-state index in [-0.39, 0.29) is 59.2 Å². The Morgan fingerprint density at radius 1 is 0.397 bits per heavy atom. The summed E-state index contributed by atoms with van der Waals surface area (Å²) in [4.78, 5) is 17.5. The van der Waals surface area contributed by atoms with E-state index in [4.69, 9.17) is 0 Å². The predicted molar refractivity (Wildman–Crippen MR) is 238 cm³/mol. The maximum atomic E-state index is 12.5. The monoisotopic (exact) mass is 1010 g/mol. The van der Waals surface area contributed by atoms with Crippen LogP contribution in [0.1, 0.15) is 128 Å². The Bertz CT molecular complexity index is 938. The van der Waals surface area contributed by atoms with E-state index in [0.29, 0.717) is 6.54 Å². The number of nitrogens with zero attached hydrogens (tertiary/aromatic N) is 8. The second-order valence-electron chi connectivity index (χ2n) is 18.8. The van der Waals surface area contributed by atoms with Gasteiger partial charge in [0.1, 0.15) is 0 Å². The van der Waals surface area contributed by atoms with Crippen LogP contribution in [-0.4, -0.2) is 193 Å². The topological polar surface area (TPSA) is 25.9 Å². The van der Waals surface area contributed by atoms with E-state index in [1.165, 1.54) is 109 Å². The van der Waals surface area contributed by atoms with E-state index in [1.54, 1.807) is 16.8 Å². The normalized spacial score (nSPS) is 22.8. The summed E-state index contributed by atoms with van der Waals surface area (Å²) in [6.07, 6.45) is 8.55. The van der Waals surface area contributed by atoms with Crippen molar-refractivity contribution >= 4 is 0 Å². The molecule has 6 saturated heterocycles. The average molecular weight is 1010 g/mol. The van der Waals surface area contributed by atoms with Gasteiger partial charge in [0.15, 0.2) is 0 Å². The van der Waals surface area contributed by atoms with Crippen molar-refractivity contribution in [2.75, 3.05) is 106 Å². The second kappa shape index (κ2) is 31.9. The summed E-state index contributed by atoms with van der Waals surface area (Å²) >= 11 is 0. The third-order valence-electron chi connectivity index (χ3n) is 11.4. The molecular formula is C45H94F4N8W. The fraction of sp³-hybridized carbons (Fsp3) is 0.956. The Labute approximate surface area is 372 Å². The Balaban J connectivity index is 0. The molecule has 0 aromatic carbocycles. The molecule has 58 heavy (non-hydrogen) atoms. The predicted octanol–water partition coefficient (Wildman–Crippen LogP) is 8.69. The number of rotatable bonds is 6. The Kier molecular flexibility index (Phi) is 33.0. The molecule has 13 heteroatoms. The number of likely N-dealkylation sites (tertiary alicyclic amines) is 5. The van der Waals surface area contributed by atoms with Gasteiger partial charge in [-0.05, 0) is 162 Å². The third kappa shape index (κ3) is 29.4. The van der Waals surface area contributed by atoms with Gasteiger partial charge >= 0.3 is 21.1 Å². The van der Waals surface area contributed by atoms with Crippen molar-refractivity contribution < 1.29 is 38.6 Å². The summed E-state index contributed by atoms with van der Waals surface area (Å²) in [5.41, 5.74) is 0. The molecule has 6 heterocycles. The molecule has 0 atom stereocenters. The van der Waals surface area contributed by atoms with Gasteiger partial charge in [-0.25, -0.2) is 17.6 Å². The molecule has 0 aromatic heterocycles.